The molecule has 2 fully saturated rings. The molecule has 0 spiro atoms. The van der Waals surface area contributed by atoms with Crippen LogP contribution < -0.4 is 9.64 Å². The summed E-state index contributed by atoms with van der Waals surface area (Å²) in [5.74, 6) is -0.229. The molecule has 1 saturated heterocycles. The molecule has 2 aliphatic rings. The van der Waals surface area contributed by atoms with Crippen molar-refractivity contribution >= 4 is 39.4 Å². The van der Waals surface area contributed by atoms with Crippen molar-refractivity contribution in [2.24, 2.45) is 17.8 Å². The lowest BCUT2D eigenvalue weighted by atomic mass is 9.76. The SMILES string of the molecule is C[C@@H]1CC[C@@H]2C(=O)N(c3ccc(C(=O)Oc4ccc(Br)cc4)cc3)C(=O)[C@@H]2C1. The molecular weight excluding hydrogens is 422 g/mol. The molecule has 2 aromatic carbocycles. The van der Waals surface area contributed by atoms with Gasteiger partial charge in [-0.1, -0.05) is 22.9 Å². The first-order chi connectivity index (χ1) is 13.4. The van der Waals surface area contributed by atoms with E-state index >= 15 is 0 Å². The number of esters is 1. The third-order valence-electron chi connectivity index (χ3n) is 5.57. The zero-order valence-corrected chi connectivity index (χ0v) is 17.0. The number of nitrogens with zero attached hydrogens (tertiary/aromatic N) is 1. The van der Waals surface area contributed by atoms with Crippen LogP contribution in [0.3, 0.4) is 0 Å². The molecule has 4 rings (SSSR count). The monoisotopic (exact) mass is 441 g/mol. The molecule has 1 aliphatic carbocycles. The number of imide groups is 1. The number of amides is 2. The molecule has 0 aromatic heterocycles. The normalized spacial score (nSPS) is 24.2. The minimum absolute atomic E-state index is 0.118. The minimum atomic E-state index is -0.490. The molecule has 1 saturated carbocycles. The van der Waals surface area contributed by atoms with E-state index in [1.807, 2.05) is 0 Å². The number of benzene rings is 2. The van der Waals surface area contributed by atoms with E-state index in [0.29, 0.717) is 22.9 Å². The van der Waals surface area contributed by atoms with Crippen LogP contribution >= 0.6 is 15.9 Å². The second-order valence-electron chi connectivity index (χ2n) is 7.53. The molecule has 2 aromatic rings. The van der Waals surface area contributed by atoms with Crippen LogP contribution in [0.5, 0.6) is 5.75 Å². The zero-order valence-electron chi connectivity index (χ0n) is 15.4. The Morgan fingerprint density at radius 1 is 0.964 bits per heavy atom. The second kappa shape index (κ2) is 7.51. The lowest BCUT2D eigenvalue weighted by Crippen LogP contribution is -2.30. The van der Waals surface area contributed by atoms with Crippen molar-refractivity contribution in [3.63, 3.8) is 0 Å². The first-order valence-corrected chi connectivity index (χ1v) is 10.2. The molecule has 0 N–H and O–H groups in total. The highest BCUT2D eigenvalue weighted by Crippen LogP contribution is 2.42. The van der Waals surface area contributed by atoms with Crippen molar-refractivity contribution in [2.45, 2.75) is 26.2 Å². The van der Waals surface area contributed by atoms with Gasteiger partial charge in [0.05, 0.1) is 23.1 Å². The van der Waals surface area contributed by atoms with E-state index in [4.69, 9.17) is 4.74 Å². The highest BCUT2D eigenvalue weighted by Gasteiger charge is 2.49. The molecule has 6 heteroatoms. The molecule has 5 nitrogen and oxygen atoms in total. The molecule has 3 atom stereocenters. The van der Waals surface area contributed by atoms with Gasteiger partial charge in [0.2, 0.25) is 11.8 Å². The Labute approximate surface area is 171 Å². The number of hydrogen-bond donors (Lipinski definition) is 0. The third-order valence-corrected chi connectivity index (χ3v) is 6.10. The van der Waals surface area contributed by atoms with Gasteiger partial charge < -0.3 is 4.74 Å². The van der Waals surface area contributed by atoms with Crippen LogP contribution in [0.1, 0.15) is 36.5 Å². The first-order valence-electron chi connectivity index (χ1n) is 9.39. The molecule has 144 valence electrons. The number of rotatable bonds is 3. The fourth-order valence-electron chi connectivity index (χ4n) is 4.06. The highest BCUT2D eigenvalue weighted by atomic mass is 79.9. The van der Waals surface area contributed by atoms with Crippen molar-refractivity contribution in [3.8, 4) is 5.75 Å². The lowest BCUT2D eigenvalue weighted by molar-refractivity contribution is -0.122. The number of carbonyl (C=O) groups is 3. The molecule has 0 radical (unpaired) electrons. The van der Waals surface area contributed by atoms with E-state index in [0.717, 1.165) is 23.7 Å². The van der Waals surface area contributed by atoms with Crippen molar-refractivity contribution < 1.29 is 19.1 Å². The Morgan fingerprint density at radius 2 is 1.61 bits per heavy atom. The fourth-order valence-corrected chi connectivity index (χ4v) is 4.32. The smallest absolute Gasteiger partial charge is 0.343 e. The number of hydrogen-bond acceptors (Lipinski definition) is 4. The summed E-state index contributed by atoms with van der Waals surface area (Å²) in [4.78, 5) is 39.2. The number of fused-ring (bicyclic) bond motifs is 1. The van der Waals surface area contributed by atoms with Crippen LogP contribution in [0.15, 0.2) is 53.0 Å². The molecule has 0 bridgehead atoms. The van der Waals surface area contributed by atoms with Crippen molar-refractivity contribution in [2.75, 3.05) is 4.90 Å². The molecule has 1 aliphatic heterocycles. The molecular formula is C22H20BrNO4. The quantitative estimate of drug-likeness (QED) is 0.396. The number of anilines is 1. The highest BCUT2D eigenvalue weighted by molar-refractivity contribution is 9.10. The van der Waals surface area contributed by atoms with Gasteiger partial charge in [-0.25, -0.2) is 4.79 Å². The van der Waals surface area contributed by atoms with Crippen LogP contribution in [-0.2, 0) is 9.59 Å². The van der Waals surface area contributed by atoms with Gasteiger partial charge in [-0.3, -0.25) is 14.5 Å². The fraction of sp³-hybridized carbons (Fsp3) is 0.318. The van der Waals surface area contributed by atoms with E-state index < -0.39 is 5.97 Å². The Kier molecular flexibility index (Phi) is 5.06. The lowest BCUT2D eigenvalue weighted by Gasteiger charge is -2.25. The Morgan fingerprint density at radius 3 is 2.29 bits per heavy atom. The number of carbonyl (C=O) groups excluding carboxylic acids is 3. The van der Waals surface area contributed by atoms with Gasteiger partial charge in [-0.05, 0) is 73.7 Å². The summed E-state index contributed by atoms with van der Waals surface area (Å²) in [5, 5.41) is 0. The second-order valence-corrected chi connectivity index (χ2v) is 8.45. The number of halogens is 1. The van der Waals surface area contributed by atoms with Gasteiger partial charge in [-0.2, -0.15) is 0 Å². The third kappa shape index (κ3) is 3.49. The van der Waals surface area contributed by atoms with Crippen LogP contribution in [0.2, 0.25) is 0 Å². The van der Waals surface area contributed by atoms with Crippen molar-refractivity contribution in [3.05, 3.63) is 58.6 Å². The first kappa shape index (κ1) is 18.9. The van der Waals surface area contributed by atoms with Crippen molar-refractivity contribution in [1.29, 1.82) is 0 Å². The van der Waals surface area contributed by atoms with Crippen LogP contribution in [0.4, 0.5) is 5.69 Å². The average Bonchev–Trinajstić information content (AvgIpc) is 2.93. The zero-order chi connectivity index (χ0) is 19.8. The predicted molar refractivity (Wildman–Crippen MR) is 108 cm³/mol. The Bertz CT molecular complexity index is 923. The van der Waals surface area contributed by atoms with Crippen LogP contribution in [-0.4, -0.2) is 17.8 Å². The molecule has 0 unspecified atom stereocenters. The molecule has 28 heavy (non-hydrogen) atoms. The molecule has 1 heterocycles. The maximum absolute atomic E-state index is 12.8. The van der Waals surface area contributed by atoms with Gasteiger partial charge in [0.1, 0.15) is 5.75 Å². The maximum atomic E-state index is 12.8. The van der Waals surface area contributed by atoms with Gasteiger partial charge in [0.25, 0.3) is 0 Å². The van der Waals surface area contributed by atoms with Crippen molar-refractivity contribution in [1.82, 2.24) is 0 Å². The van der Waals surface area contributed by atoms with E-state index in [1.165, 1.54) is 4.90 Å². The summed E-state index contributed by atoms with van der Waals surface area (Å²) in [6.07, 6.45) is 2.52. The average molecular weight is 442 g/mol. The largest absolute Gasteiger partial charge is 0.423 e. The molecule has 2 amide bonds. The van der Waals surface area contributed by atoms with Gasteiger partial charge in [0, 0.05) is 4.47 Å². The minimum Gasteiger partial charge on any atom is -0.423 e. The van der Waals surface area contributed by atoms with Gasteiger partial charge >= 0.3 is 5.97 Å². The summed E-state index contributed by atoms with van der Waals surface area (Å²) in [5.41, 5.74) is 0.869. The van der Waals surface area contributed by atoms with E-state index in [-0.39, 0.29) is 23.7 Å². The summed E-state index contributed by atoms with van der Waals surface area (Å²) in [7, 11) is 0. The van der Waals surface area contributed by atoms with Gasteiger partial charge in [0.15, 0.2) is 0 Å². The van der Waals surface area contributed by atoms with Gasteiger partial charge in [-0.15, -0.1) is 0 Å². The van der Waals surface area contributed by atoms with Crippen LogP contribution in [0, 0.1) is 17.8 Å². The summed E-state index contributed by atoms with van der Waals surface area (Å²) >= 11 is 3.33. The maximum Gasteiger partial charge on any atom is 0.343 e. The topological polar surface area (TPSA) is 63.7 Å². The summed E-state index contributed by atoms with van der Waals surface area (Å²) < 4.78 is 6.24. The predicted octanol–water partition coefficient (Wildman–Crippen LogP) is 4.59. The van der Waals surface area contributed by atoms with E-state index in [1.54, 1.807) is 48.5 Å². The Hall–Kier alpha value is -2.47. The summed E-state index contributed by atoms with van der Waals surface area (Å²) in [6.45, 7) is 2.13. The standard InChI is InChI=1S/C22H20BrNO4/c1-13-2-11-18-19(12-13)21(26)24(20(18)25)16-7-3-14(4-8-16)22(27)28-17-9-5-15(23)6-10-17/h3-10,13,18-19H,2,11-12H2,1H3/t13-,18+,19-/m1/s1. The summed E-state index contributed by atoms with van der Waals surface area (Å²) in [6, 6.07) is 13.4. The van der Waals surface area contributed by atoms with E-state index in [9.17, 15) is 14.4 Å². The Balaban J connectivity index is 1.50. The van der Waals surface area contributed by atoms with E-state index in [2.05, 4.69) is 22.9 Å². The van der Waals surface area contributed by atoms with Crippen LogP contribution in [0.25, 0.3) is 0 Å². The number of ether oxygens (including phenoxy) is 1.